The molecule has 0 saturated carbocycles. The van der Waals surface area contributed by atoms with Crippen molar-refractivity contribution in [2.24, 2.45) is 0 Å². The average molecular weight is 688 g/mol. The number of hydrogen-bond donors (Lipinski definition) is 0. The van der Waals surface area contributed by atoms with Crippen molar-refractivity contribution in [3.63, 3.8) is 0 Å². The third kappa shape index (κ3) is 5.78. The van der Waals surface area contributed by atoms with Crippen LogP contribution in [0.3, 0.4) is 0 Å². The second-order valence-electron chi connectivity index (χ2n) is 13.6. The first-order chi connectivity index (χ1) is 26.7. The van der Waals surface area contributed by atoms with Gasteiger partial charge in [0.25, 0.3) is 0 Å². The molecule has 1 heterocycles. The number of hydrogen-bond acceptors (Lipinski definition) is 3. The Morgan fingerprint density at radius 2 is 0.704 bits per heavy atom. The average Bonchev–Trinajstić information content (AvgIpc) is 3.26. The summed E-state index contributed by atoms with van der Waals surface area (Å²) in [6.07, 6.45) is 0. The highest BCUT2D eigenvalue weighted by atomic mass is 15.0. The molecule has 10 aromatic rings. The summed E-state index contributed by atoms with van der Waals surface area (Å²) in [7, 11) is 0. The molecule has 10 rings (SSSR count). The molecule has 0 unspecified atom stereocenters. The van der Waals surface area contributed by atoms with Crippen LogP contribution in [-0.4, -0.2) is 15.0 Å². The van der Waals surface area contributed by atoms with E-state index >= 15 is 0 Å². The summed E-state index contributed by atoms with van der Waals surface area (Å²) in [5.74, 6) is 1.91. The fourth-order valence-corrected chi connectivity index (χ4v) is 7.57. The molecule has 0 saturated heterocycles. The van der Waals surface area contributed by atoms with Gasteiger partial charge in [0.1, 0.15) is 0 Å². The van der Waals surface area contributed by atoms with E-state index in [9.17, 15) is 0 Å². The van der Waals surface area contributed by atoms with Crippen molar-refractivity contribution >= 4 is 32.3 Å². The minimum atomic E-state index is 0.633. The topological polar surface area (TPSA) is 38.7 Å². The molecule has 0 fully saturated rings. The summed E-state index contributed by atoms with van der Waals surface area (Å²) in [4.78, 5) is 15.5. The van der Waals surface area contributed by atoms with Crippen molar-refractivity contribution in [3.05, 3.63) is 200 Å². The molecule has 54 heavy (non-hydrogen) atoms. The fraction of sp³-hybridized carbons (Fsp3) is 0. The third-order valence-corrected chi connectivity index (χ3v) is 10.3. The van der Waals surface area contributed by atoms with Gasteiger partial charge in [-0.3, -0.25) is 0 Å². The molecule has 9 aromatic carbocycles. The predicted molar refractivity (Wildman–Crippen MR) is 225 cm³/mol. The molecule has 3 nitrogen and oxygen atoms in total. The van der Waals surface area contributed by atoms with Crippen LogP contribution < -0.4 is 0 Å². The summed E-state index contributed by atoms with van der Waals surface area (Å²) in [5.41, 5.74) is 9.82. The molecule has 252 valence electrons. The van der Waals surface area contributed by atoms with E-state index in [4.69, 9.17) is 15.0 Å². The molecule has 0 atom stereocenters. The summed E-state index contributed by atoms with van der Waals surface area (Å²) in [5, 5.41) is 7.21. The molecule has 0 aliphatic carbocycles. The van der Waals surface area contributed by atoms with Gasteiger partial charge in [-0.15, -0.1) is 0 Å². The summed E-state index contributed by atoms with van der Waals surface area (Å²) in [6.45, 7) is 0. The Kier molecular flexibility index (Phi) is 7.81. The fourth-order valence-electron chi connectivity index (χ4n) is 7.57. The second kappa shape index (κ2) is 13.4. The van der Waals surface area contributed by atoms with Crippen LogP contribution in [0.2, 0.25) is 0 Å². The number of rotatable bonds is 6. The third-order valence-electron chi connectivity index (χ3n) is 10.3. The van der Waals surface area contributed by atoms with Crippen molar-refractivity contribution in [2.75, 3.05) is 0 Å². The van der Waals surface area contributed by atoms with Crippen LogP contribution in [0.25, 0.3) is 99.9 Å². The quantitative estimate of drug-likeness (QED) is 0.163. The molecular formula is C51H33N3. The van der Waals surface area contributed by atoms with Gasteiger partial charge >= 0.3 is 0 Å². The van der Waals surface area contributed by atoms with Crippen molar-refractivity contribution in [2.45, 2.75) is 0 Å². The number of aromatic nitrogens is 3. The maximum absolute atomic E-state index is 5.19. The van der Waals surface area contributed by atoms with Gasteiger partial charge in [0.05, 0.1) is 0 Å². The molecule has 0 radical (unpaired) electrons. The highest BCUT2D eigenvalue weighted by molar-refractivity contribution is 6.13. The first kappa shape index (κ1) is 31.5. The van der Waals surface area contributed by atoms with Crippen molar-refractivity contribution in [1.29, 1.82) is 0 Å². The number of nitrogens with zero attached hydrogens (tertiary/aromatic N) is 3. The lowest BCUT2D eigenvalue weighted by molar-refractivity contribution is 1.08. The predicted octanol–water partition coefficient (Wildman–Crippen LogP) is 13.3. The van der Waals surface area contributed by atoms with Gasteiger partial charge in [0.2, 0.25) is 0 Å². The van der Waals surface area contributed by atoms with Crippen LogP contribution in [0, 0.1) is 0 Å². The van der Waals surface area contributed by atoms with Crippen molar-refractivity contribution in [1.82, 2.24) is 15.0 Å². The Bertz CT molecular complexity index is 2950. The van der Waals surface area contributed by atoms with Gasteiger partial charge in [-0.25, -0.2) is 15.0 Å². The van der Waals surface area contributed by atoms with E-state index in [1.54, 1.807) is 0 Å². The van der Waals surface area contributed by atoms with Crippen LogP contribution in [0.4, 0.5) is 0 Å². The molecule has 0 aliphatic heterocycles. The zero-order valence-electron chi connectivity index (χ0n) is 29.4. The highest BCUT2D eigenvalue weighted by Gasteiger charge is 2.16. The van der Waals surface area contributed by atoms with Crippen LogP contribution in [0.5, 0.6) is 0 Å². The molecule has 0 amide bonds. The Morgan fingerprint density at radius 1 is 0.222 bits per heavy atom. The van der Waals surface area contributed by atoms with E-state index < -0.39 is 0 Å². The SMILES string of the molecule is c1ccc(-c2ccc(-c3nc(-c4ccc(-c5cc6ccccc6c6ccccc56)cc4)nc(-c4cccc5ccc(-c6ccccc6)cc45)n3)cc2)cc1. The monoisotopic (exact) mass is 687 g/mol. The molecule has 1 aromatic heterocycles. The van der Waals surface area contributed by atoms with Gasteiger partial charge in [-0.2, -0.15) is 0 Å². The molecule has 3 heteroatoms. The van der Waals surface area contributed by atoms with Crippen LogP contribution in [0.1, 0.15) is 0 Å². The van der Waals surface area contributed by atoms with E-state index in [0.29, 0.717) is 17.5 Å². The van der Waals surface area contributed by atoms with E-state index in [1.165, 1.54) is 38.2 Å². The normalized spacial score (nSPS) is 11.3. The first-order valence-electron chi connectivity index (χ1n) is 18.3. The summed E-state index contributed by atoms with van der Waals surface area (Å²) >= 11 is 0. The lowest BCUT2D eigenvalue weighted by Gasteiger charge is -2.13. The first-order valence-corrected chi connectivity index (χ1v) is 18.3. The van der Waals surface area contributed by atoms with Gasteiger partial charge in [-0.1, -0.05) is 188 Å². The smallest absolute Gasteiger partial charge is 0.164 e. The lowest BCUT2D eigenvalue weighted by Crippen LogP contribution is -2.00. The highest BCUT2D eigenvalue weighted by Crippen LogP contribution is 2.37. The Hall–Kier alpha value is -7.23. The number of fused-ring (bicyclic) bond motifs is 4. The molecule has 0 aliphatic rings. The Balaban J connectivity index is 1.11. The van der Waals surface area contributed by atoms with Gasteiger partial charge in [-0.05, 0) is 77.8 Å². The second-order valence-corrected chi connectivity index (χ2v) is 13.6. The minimum absolute atomic E-state index is 0.633. The van der Waals surface area contributed by atoms with Crippen LogP contribution in [-0.2, 0) is 0 Å². The maximum atomic E-state index is 5.19. The molecule has 0 N–H and O–H groups in total. The zero-order chi connectivity index (χ0) is 35.8. The van der Waals surface area contributed by atoms with Crippen molar-refractivity contribution in [3.8, 4) is 67.5 Å². The summed E-state index contributed by atoms with van der Waals surface area (Å²) < 4.78 is 0. The maximum Gasteiger partial charge on any atom is 0.164 e. The van der Waals surface area contributed by atoms with Gasteiger partial charge < -0.3 is 0 Å². The van der Waals surface area contributed by atoms with E-state index in [-0.39, 0.29) is 0 Å². The largest absolute Gasteiger partial charge is 0.208 e. The van der Waals surface area contributed by atoms with E-state index in [0.717, 1.165) is 44.2 Å². The Labute approximate surface area is 313 Å². The zero-order valence-corrected chi connectivity index (χ0v) is 29.4. The van der Waals surface area contributed by atoms with E-state index in [1.807, 2.05) is 12.1 Å². The van der Waals surface area contributed by atoms with Gasteiger partial charge in [0.15, 0.2) is 17.5 Å². The minimum Gasteiger partial charge on any atom is -0.208 e. The standard InChI is InChI=1S/C51H33N3/c1-3-12-34(13-4-1)36-22-27-39(28-23-36)49-52-50(54-51(53-49)46-21-11-17-37-26-31-41(32-48(37)46)35-14-5-2-6-15-35)40-29-24-38(25-30-40)47-33-42-16-7-8-18-43(42)44-19-9-10-20-45(44)47/h1-33H. The molecule has 0 spiro atoms. The molecule has 0 bridgehead atoms. The van der Waals surface area contributed by atoms with Gasteiger partial charge in [0, 0.05) is 16.7 Å². The van der Waals surface area contributed by atoms with Crippen LogP contribution in [0.15, 0.2) is 200 Å². The number of benzene rings is 9. The lowest BCUT2D eigenvalue weighted by atomic mass is 9.93. The Morgan fingerprint density at radius 3 is 1.39 bits per heavy atom. The summed E-state index contributed by atoms with van der Waals surface area (Å²) in [6, 6.07) is 70.6. The molecular weight excluding hydrogens is 655 g/mol. The van der Waals surface area contributed by atoms with Crippen LogP contribution >= 0.6 is 0 Å². The van der Waals surface area contributed by atoms with E-state index in [2.05, 4.69) is 188 Å². The van der Waals surface area contributed by atoms with Crippen molar-refractivity contribution < 1.29 is 0 Å².